The van der Waals surface area contributed by atoms with Gasteiger partial charge in [-0.2, -0.15) is 44.3 Å². The van der Waals surface area contributed by atoms with E-state index in [1.54, 1.807) is 6.92 Å². The summed E-state index contributed by atoms with van der Waals surface area (Å²) in [6.07, 6.45) is -12.9. The van der Waals surface area contributed by atoms with Crippen LogP contribution in [0.5, 0.6) is 0 Å². The fourth-order valence-corrected chi connectivity index (χ4v) is 5.63. The Morgan fingerprint density at radius 2 is 1.43 bits per heavy atom. The number of alkyl halides is 9. The number of aliphatic carboxylic acids is 1. The second-order valence-electron chi connectivity index (χ2n) is 11.3. The van der Waals surface area contributed by atoms with Crippen LogP contribution in [0.25, 0.3) is 0 Å². The quantitative estimate of drug-likeness (QED) is 0.218. The fourth-order valence-electron chi connectivity index (χ4n) is 5.63. The lowest BCUT2D eigenvalue weighted by Crippen LogP contribution is -2.34. The van der Waals surface area contributed by atoms with E-state index in [2.05, 4.69) is 15.4 Å². The van der Waals surface area contributed by atoms with Gasteiger partial charge >= 0.3 is 24.5 Å². The van der Waals surface area contributed by atoms with Gasteiger partial charge in [-0.05, 0) is 91.3 Å². The second-order valence-corrected chi connectivity index (χ2v) is 11.3. The molecule has 0 spiro atoms. The van der Waals surface area contributed by atoms with Crippen molar-refractivity contribution in [3.63, 3.8) is 0 Å². The van der Waals surface area contributed by atoms with Crippen molar-refractivity contribution in [2.45, 2.75) is 64.2 Å². The van der Waals surface area contributed by atoms with E-state index in [0.717, 1.165) is 21.8 Å². The van der Waals surface area contributed by atoms with Gasteiger partial charge in [0, 0.05) is 31.9 Å². The predicted molar refractivity (Wildman–Crippen MR) is 155 cm³/mol. The van der Waals surface area contributed by atoms with Crippen LogP contribution < -0.4 is 9.80 Å². The number of halogens is 10. The van der Waals surface area contributed by atoms with Gasteiger partial charge in [-0.25, -0.2) is 0 Å². The molecule has 0 atom stereocenters. The van der Waals surface area contributed by atoms with Gasteiger partial charge in [-0.15, -0.1) is 17.5 Å². The molecule has 1 fully saturated rings. The molecule has 4 rings (SSSR count). The zero-order valence-corrected chi connectivity index (χ0v) is 25.9. The van der Waals surface area contributed by atoms with Gasteiger partial charge in [-0.3, -0.25) is 4.79 Å². The molecule has 3 aromatic rings. The zero-order valence-electron chi connectivity index (χ0n) is 25.1. The van der Waals surface area contributed by atoms with E-state index in [1.807, 2.05) is 4.90 Å². The number of hydrogen-bond donors (Lipinski definition) is 1. The fraction of sp³-hybridized carbons (Fsp3) is 0.517. The van der Waals surface area contributed by atoms with E-state index >= 15 is 0 Å². The summed E-state index contributed by atoms with van der Waals surface area (Å²) in [4.78, 5) is 15.4. The minimum atomic E-state index is -5.11. The molecule has 1 saturated carbocycles. The van der Waals surface area contributed by atoms with Crippen LogP contribution in [0.4, 0.5) is 51.1 Å². The molecular weight excluding hydrogens is 671 g/mol. The van der Waals surface area contributed by atoms with E-state index in [-0.39, 0.29) is 35.9 Å². The summed E-state index contributed by atoms with van der Waals surface area (Å²) in [7, 11) is 1.37. The number of aromatic nitrogens is 4. The lowest BCUT2D eigenvalue weighted by molar-refractivity contribution is -0.144. The average Bonchev–Trinajstić information content (AvgIpc) is 3.40. The van der Waals surface area contributed by atoms with E-state index in [1.165, 1.54) is 13.1 Å². The molecule has 0 aliphatic heterocycles. The second kappa shape index (κ2) is 14.6. The lowest BCUT2D eigenvalue weighted by Gasteiger charge is -2.34. The number of aryl methyl sites for hydroxylation is 1. The summed E-state index contributed by atoms with van der Waals surface area (Å²) < 4.78 is 123. The first-order chi connectivity index (χ1) is 21.3. The SMILES string of the molecule is CCN(C[C@H]1CC[C@H](C(=O)O)CC1)c1ccc(C(F)(F)F)cc1CN(Cc1cc(C(F)(F)F)cc(C(F)(F)F)c1)c1nnn(C)n1.Cl. The monoisotopic (exact) mass is 702 g/mol. The summed E-state index contributed by atoms with van der Waals surface area (Å²) in [6.45, 7) is 1.48. The molecule has 260 valence electrons. The maximum Gasteiger partial charge on any atom is 0.416 e. The highest BCUT2D eigenvalue weighted by atomic mass is 35.5. The summed E-state index contributed by atoms with van der Waals surface area (Å²) in [5, 5.41) is 20.9. The van der Waals surface area contributed by atoms with Gasteiger partial charge in [0.05, 0.1) is 29.7 Å². The number of hydrogen-bond acceptors (Lipinski definition) is 6. The standard InChI is InChI=1S/C29H31F9N6O2.ClH/c1-3-43(14-17-4-6-19(7-5-17)25(45)46)24-9-8-21(27(30,31)32)12-20(24)16-44(26-39-41-42(2)40-26)15-18-10-22(28(33,34)35)13-23(11-18)29(36,37)38;/h8-13,17,19H,3-7,14-16H2,1-2H3,(H,45,46);1H/t17-,19-;. The van der Waals surface area contributed by atoms with E-state index in [0.29, 0.717) is 56.6 Å². The Labute approximate surface area is 269 Å². The Bertz CT molecular complexity index is 1490. The number of anilines is 2. The van der Waals surface area contributed by atoms with Gasteiger partial charge in [0.1, 0.15) is 0 Å². The van der Waals surface area contributed by atoms with Crippen molar-refractivity contribution >= 4 is 30.0 Å². The average molecular weight is 703 g/mol. The molecule has 2 aromatic carbocycles. The molecule has 0 bridgehead atoms. The molecule has 8 nitrogen and oxygen atoms in total. The van der Waals surface area contributed by atoms with Crippen molar-refractivity contribution in [2.75, 3.05) is 22.9 Å². The summed E-state index contributed by atoms with van der Waals surface area (Å²) >= 11 is 0. The van der Waals surface area contributed by atoms with Crippen molar-refractivity contribution in [1.82, 2.24) is 20.2 Å². The molecule has 0 saturated heterocycles. The number of carbonyl (C=O) groups is 1. The number of carboxylic acids is 1. The molecule has 0 amide bonds. The Hall–Kier alpha value is -3.76. The lowest BCUT2D eigenvalue weighted by atomic mass is 9.81. The Kier molecular flexibility index (Phi) is 11.7. The number of carboxylic acid groups (broad SMARTS) is 1. The number of nitrogens with zero attached hydrogens (tertiary/aromatic N) is 6. The van der Waals surface area contributed by atoms with Crippen LogP contribution in [0, 0.1) is 11.8 Å². The number of benzene rings is 2. The van der Waals surface area contributed by atoms with Crippen molar-refractivity contribution in [3.05, 3.63) is 64.2 Å². The van der Waals surface area contributed by atoms with Crippen LogP contribution in [-0.2, 0) is 43.5 Å². The topological polar surface area (TPSA) is 87.4 Å². The van der Waals surface area contributed by atoms with E-state index in [4.69, 9.17) is 0 Å². The largest absolute Gasteiger partial charge is 0.481 e. The van der Waals surface area contributed by atoms with E-state index < -0.39 is 65.8 Å². The first kappa shape index (κ1) is 37.7. The van der Waals surface area contributed by atoms with Crippen LogP contribution >= 0.6 is 12.4 Å². The highest BCUT2D eigenvalue weighted by Crippen LogP contribution is 2.38. The van der Waals surface area contributed by atoms with E-state index in [9.17, 15) is 49.4 Å². The van der Waals surface area contributed by atoms with Crippen molar-refractivity contribution < 1.29 is 49.4 Å². The first-order valence-electron chi connectivity index (χ1n) is 14.3. The minimum Gasteiger partial charge on any atom is -0.481 e. The molecule has 1 aliphatic rings. The Balaban J connectivity index is 0.00000600. The third-order valence-corrected chi connectivity index (χ3v) is 7.97. The predicted octanol–water partition coefficient (Wildman–Crippen LogP) is 7.61. The molecule has 0 radical (unpaired) electrons. The Morgan fingerprint density at radius 1 is 0.851 bits per heavy atom. The minimum absolute atomic E-state index is 0. The van der Waals surface area contributed by atoms with Crippen LogP contribution in [0.15, 0.2) is 36.4 Å². The zero-order chi connectivity index (χ0) is 34.0. The normalized spacial score (nSPS) is 17.3. The molecule has 1 aromatic heterocycles. The molecule has 1 N–H and O–H groups in total. The van der Waals surface area contributed by atoms with Gasteiger partial charge in [0.2, 0.25) is 0 Å². The van der Waals surface area contributed by atoms with Gasteiger partial charge < -0.3 is 14.9 Å². The highest BCUT2D eigenvalue weighted by Gasteiger charge is 2.37. The van der Waals surface area contributed by atoms with Crippen LogP contribution in [-0.4, -0.2) is 44.4 Å². The summed E-state index contributed by atoms with van der Waals surface area (Å²) in [5.74, 6) is -1.52. The molecular formula is C29H32ClF9N6O2. The molecule has 47 heavy (non-hydrogen) atoms. The molecule has 18 heteroatoms. The molecule has 0 unspecified atom stereocenters. The molecule has 1 heterocycles. The first-order valence-corrected chi connectivity index (χ1v) is 14.3. The maximum atomic E-state index is 13.9. The van der Waals surface area contributed by atoms with Gasteiger partial charge in [0.15, 0.2) is 0 Å². The smallest absolute Gasteiger partial charge is 0.416 e. The van der Waals surface area contributed by atoms with Crippen LogP contribution in [0.2, 0.25) is 0 Å². The van der Waals surface area contributed by atoms with Crippen molar-refractivity contribution in [3.8, 4) is 0 Å². The Morgan fingerprint density at radius 3 is 1.89 bits per heavy atom. The van der Waals surface area contributed by atoms with Crippen LogP contribution in [0.1, 0.15) is 60.4 Å². The summed E-state index contributed by atoms with van der Waals surface area (Å²) in [6, 6.07) is 4.13. The maximum absolute atomic E-state index is 13.9. The summed E-state index contributed by atoms with van der Waals surface area (Å²) in [5.41, 5.74) is -4.07. The van der Waals surface area contributed by atoms with Gasteiger partial charge in [0.25, 0.3) is 5.95 Å². The van der Waals surface area contributed by atoms with Gasteiger partial charge in [-0.1, -0.05) is 5.10 Å². The van der Waals surface area contributed by atoms with Crippen molar-refractivity contribution in [1.29, 1.82) is 0 Å². The third-order valence-electron chi connectivity index (χ3n) is 7.97. The number of tetrazole rings is 1. The number of rotatable bonds is 10. The third kappa shape index (κ3) is 9.64. The van der Waals surface area contributed by atoms with Crippen LogP contribution in [0.3, 0.4) is 0 Å². The highest BCUT2D eigenvalue weighted by molar-refractivity contribution is 5.85. The molecule has 1 aliphatic carbocycles. The van der Waals surface area contributed by atoms with Crippen molar-refractivity contribution in [2.24, 2.45) is 18.9 Å².